The highest BCUT2D eigenvalue weighted by Gasteiger charge is 1.98. The molecule has 1 rings (SSSR count). The van der Waals surface area contributed by atoms with Gasteiger partial charge in [0.15, 0.2) is 0 Å². The number of benzene rings is 1. The maximum Gasteiger partial charge on any atom is 0.132 e. The number of ketones is 1. The predicted molar refractivity (Wildman–Crippen MR) is 59.4 cm³/mol. The van der Waals surface area contributed by atoms with Crippen LogP contribution in [0.25, 0.3) is 0 Å². The number of Topliss-reactive ketones (excluding diaryl/α,β-unsaturated/α-hetero) is 1. The van der Waals surface area contributed by atoms with Crippen molar-refractivity contribution in [2.75, 3.05) is 0 Å². The van der Waals surface area contributed by atoms with E-state index in [9.17, 15) is 4.79 Å². The van der Waals surface area contributed by atoms with E-state index in [0.29, 0.717) is 12.2 Å². The van der Waals surface area contributed by atoms with E-state index >= 15 is 0 Å². The summed E-state index contributed by atoms with van der Waals surface area (Å²) in [6, 6.07) is 8.49. The number of rotatable bonds is 5. The molecule has 1 nitrogen and oxygen atoms in total. The first-order valence-electron chi connectivity index (χ1n) is 5.29. The van der Waals surface area contributed by atoms with E-state index in [2.05, 4.69) is 31.2 Å². The molecule has 0 heterocycles. The second kappa shape index (κ2) is 5.58. The zero-order valence-electron chi connectivity index (χ0n) is 9.05. The Balaban J connectivity index is 2.35. The van der Waals surface area contributed by atoms with Gasteiger partial charge in [-0.1, -0.05) is 36.8 Å². The minimum atomic E-state index is 0.373. The van der Waals surface area contributed by atoms with Gasteiger partial charge in [0.05, 0.1) is 0 Å². The summed E-state index contributed by atoms with van der Waals surface area (Å²) in [5.41, 5.74) is 2.64. The molecule has 1 aromatic rings. The van der Waals surface area contributed by atoms with E-state index in [1.807, 2.05) is 6.92 Å². The smallest absolute Gasteiger partial charge is 0.132 e. The molecule has 0 aliphatic rings. The molecule has 0 fully saturated rings. The van der Waals surface area contributed by atoms with Crippen molar-refractivity contribution in [2.24, 2.45) is 0 Å². The molecule has 0 atom stereocenters. The summed E-state index contributed by atoms with van der Waals surface area (Å²) in [5, 5.41) is 0. The minimum absolute atomic E-state index is 0.373. The molecule has 0 amide bonds. The van der Waals surface area contributed by atoms with Gasteiger partial charge >= 0.3 is 0 Å². The Morgan fingerprint density at radius 2 is 2.14 bits per heavy atom. The van der Waals surface area contributed by atoms with Crippen molar-refractivity contribution in [2.45, 2.75) is 39.5 Å². The van der Waals surface area contributed by atoms with Crippen LogP contribution in [0.5, 0.6) is 0 Å². The molecule has 0 saturated heterocycles. The summed E-state index contributed by atoms with van der Waals surface area (Å²) in [7, 11) is 0. The van der Waals surface area contributed by atoms with E-state index in [1.165, 1.54) is 11.1 Å². The molecular formula is C13H18O. The van der Waals surface area contributed by atoms with Crippen LogP contribution in [0.4, 0.5) is 0 Å². The van der Waals surface area contributed by atoms with Gasteiger partial charge < -0.3 is 0 Å². The Morgan fingerprint density at radius 1 is 1.36 bits per heavy atom. The molecular weight excluding hydrogens is 172 g/mol. The minimum Gasteiger partial charge on any atom is -0.300 e. The third-order valence-corrected chi connectivity index (χ3v) is 2.40. The highest BCUT2D eigenvalue weighted by molar-refractivity contribution is 5.77. The van der Waals surface area contributed by atoms with E-state index in [-0.39, 0.29) is 0 Å². The van der Waals surface area contributed by atoms with Crippen LogP contribution < -0.4 is 0 Å². The molecule has 0 bridgehead atoms. The van der Waals surface area contributed by atoms with Gasteiger partial charge in [-0.15, -0.1) is 0 Å². The van der Waals surface area contributed by atoms with Crippen LogP contribution in [0.1, 0.15) is 37.3 Å². The van der Waals surface area contributed by atoms with Crippen molar-refractivity contribution in [1.29, 1.82) is 0 Å². The van der Waals surface area contributed by atoms with Crippen molar-refractivity contribution in [3.8, 4) is 0 Å². The Morgan fingerprint density at radius 3 is 2.79 bits per heavy atom. The Bertz CT molecular complexity index is 302. The van der Waals surface area contributed by atoms with Gasteiger partial charge in [0.25, 0.3) is 0 Å². The van der Waals surface area contributed by atoms with Crippen molar-refractivity contribution in [1.82, 2.24) is 0 Å². The summed E-state index contributed by atoms with van der Waals surface area (Å²) < 4.78 is 0. The number of hydrogen-bond acceptors (Lipinski definition) is 1. The Labute approximate surface area is 86.1 Å². The summed E-state index contributed by atoms with van der Waals surface area (Å²) in [4.78, 5) is 11.1. The average Bonchev–Trinajstić information content (AvgIpc) is 2.17. The van der Waals surface area contributed by atoms with Crippen LogP contribution >= 0.6 is 0 Å². The maximum atomic E-state index is 11.1. The first kappa shape index (κ1) is 11.0. The van der Waals surface area contributed by atoms with Crippen LogP contribution in [0.3, 0.4) is 0 Å². The lowest BCUT2D eigenvalue weighted by Gasteiger charge is -2.01. The van der Waals surface area contributed by atoms with E-state index in [0.717, 1.165) is 19.3 Å². The summed E-state index contributed by atoms with van der Waals surface area (Å²) in [6.07, 6.45) is 3.40. The van der Waals surface area contributed by atoms with Gasteiger partial charge in [-0.05, 0) is 25.3 Å². The molecule has 0 saturated carbocycles. The fraction of sp³-hybridized carbons (Fsp3) is 0.462. The third-order valence-electron chi connectivity index (χ3n) is 2.40. The molecule has 14 heavy (non-hydrogen) atoms. The Kier molecular flexibility index (Phi) is 4.37. The molecule has 0 aliphatic heterocycles. The molecule has 1 aromatic carbocycles. The highest BCUT2D eigenvalue weighted by Crippen LogP contribution is 2.08. The lowest BCUT2D eigenvalue weighted by atomic mass is 10.0. The number of aryl methyl sites for hydroxylation is 2. The SMILES string of the molecule is CCC(=O)CCCc1cccc(C)c1. The number of carbonyl (C=O) groups is 1. The van der Waals surface area contributed by atoms with E-state index in [1.54, 1.807) is 0 Å². The van der Waals surface area contributed by atoms with Gasteiger partial charge in [0.1, 0.15) is 5.78 Å². The largest absolute Gasteiger partial charge is 0.300 e. The average molecular weight is 190 g/mol. The summed E-state index contributed by atoms with van der Waals surface area (Å²) in [5.74, 6) is 0.373. The molecule has 0 spiro atoms. The van der Waals surface area contributed by atoms with Gasteiger partial charge in [0.2, 0.25) is 0 Å². The van der Waals surface area contributed by atoms with Gasteiger partial charge in [0, 0.05) is 12.8 Å². The molecule has 0 radical (unpaired) electrons. The molecule has 0 aromatic heterocycles. The first-order valence-corrected chi connectivity index (χ1v) is 5.29. The number of carbonyl (C=O) groups excluding carboxylic acids is 1. The fourth-order valence-corrected chi connectivity index (χ4v) is 1.53. The van der Waals surface area contributed by atoms with Crippen molar-refractivity contribution < 1.29 is 4.79 Å². The lowest BCUT2D eigenvalue weighted by Crippen LogP contribution is -1.96. The quantitative estimate of drug-likeness (QED) is 0.696. The van der Waals surface area contributed by atoms with Gasteiger partial charge in [-0.3, -0.25) is 4.79 Å². The van der Waals surface area contributed by atoms with Gasteiger partial charge in [-0.2, -0.15) is 0 Å². The monoisotopic (exact) mass is 190 g/mol. The maximum absolute atomic E-state index is 11.1. The predicted octanol–water partition coefficient (Wildman–Crippen LogP) is 3.30. The summed E-state index contributed by atoms with van der Waals surface area (Å²) in [6.45, 7) is 4.02. The van der Waals surface area contributed by atoms with Crippen LogP contribution in [-0.4, -0.2) is 5.78 Å². The molecule has 76 valence electrons. The fourth-order valence-electron chi connectivity index (χ4n) is 1.53. The molecule has 0 aliphatic carbocycles. The topological polar surface area (TPSA) is 17.1 Å². The second-order valence-electron chi connectivity index (χ2n) is 3.73. The van der Waals surface area contributed by atoms with Crippen LogP contribution in [0.2, 0.25) is 0 Å². The highest BCUT2D eigenvalue weighted by atomic mass is 16.1. The molecule has 0 unspecified atom stereocenters. The van der Waals surface area contributed by atoms with Gasteiger partial charge in [-0.25, -0.2) is 0 Å². The zero-order valence-corrected chi connectivity index (χ0v) is 9.05. The molecule has 0 N–H and O–H groups in total. The summed E-state index contributed by atoms with van der Waals surface area (Å²) >= 11 is 0. The van der Waals surface area contributed by atoms with Crippen molar-refractivity contribution in [3.05, 3.63) is 35.4 Å². The van der Waals surface area contributed by atoms with Crippen LogP contribution in [0, 0.1) is 6.92 Å². The van der Waals surface area contributed by atoms with Crippen molar-refractivity contribution >= 4 is 5.78 Å². The third kappa shape index (κ3) is 3.73. The van der Waals surface area contributed by atoms with Crippen molar-refractivity contribution in [3.63, 3.8) is 0 Å². The number of hydrogen-bond donors (Lipinski definition) is 0. The van der Waals surface area contributed by atoms with Crippen LogP contribution in [0.15, 0.2) is 24.3 Å². The van der Waals surface area contributed by atoms with Crippen LogP contribution in [-0.2, 0) is 11.2 Å². The van der Waals surface area contributed by atoms with E-state index in [4.69, 9.17) is 0 Å². The lowest BCUT2D eigenvalue weighted by molar-refractivity contribution is -0.118. The van der Waals surface area contributed by atoms with E-state index < -0.39 is 0 Å². The Hall–Kier alpha value is -1.11. The zero-order chi connectivity index (χ0) is 10.4. The first-order chi connectivity index (χ1) is 6.72. The standard InChI is InChI=1S/C13H18O/c1-3-13(14)9-5-8-12-7-4-6-11(2)10-12/h4,6-7,10H,3,5,8-9H2,1-2H3. The normalized spacial score (nSPS) is 10.1. The molecule has 1 heteroatoms. The second-order valence-corrected chi connectivity index (χ2v) is 3.73.